The first-order valence-electron chi connectivity index (χ1n) is 8.35. The number of hydrogen-bond donors (Lipinski definition) is 0. The van der Waals surface area contributed by atoms with Gasteiger partial charge in [0.2, 0.25) is 0 Å². The summed E-state index contributed by atoms with van der Waals surface area (Å²) < 4.78 is 7.37. The van der Waals surface area contributed by atoms with E-state index in [-0.39, 0.29) is 5.56 Å². The fourth-order valence-corrected chi connectivity index (χ4v) is 2.86. The van der Waals surface area contributed by atoms with Crippen LogP contribution >= 0.6 is 23.2 Å². The van der Waals surface area contributed by atoms with Crippen molar-refractivity contribution in [3.63, 3.8) is 0 Å². The second-order valence-corrected chi connectivity index (χ2v) is 6.71. The van der Waals surface area contributed by atoms with Gasteiger partial charge < -0.3 is 9.30 Å². The number of nitrogens with zero attached hydrogens (tertiary/aromatic N) is 1. The summed E-state index contributed by atoms with van der Waals surface area (Å²) >= 11 is 11.7. The Bertz CT molecular complexity index is 903. The van der Waals surface area contributed by atoms with Crippen LogP contribution < -0.4 is 10.3 Å². The van der Waals surface area contributed by atoms with E-state index < -0.39 is 0 Å². The first kappa shape index (κ1) is 18.6. The molecule has 134 valence electrons. The van der Waals surface area contributed by atoms with Crippen LogP contribution in [-0.2, 0) is 25.5 Å². The molecular formula is C21H19Cl2NO2. The average molecular weight is 388 g/mol. The maximum absolute atomic E-state index is 12.3. The summed E-state index contributed by atoms with van der Waals surface area (Å²) in [6.45, 7) is 1.02. The van der Waals surface area contributed by atoms with Gasteiger partial charge in [0.25, 0.3) is 5.56 Å². The van der Waals surface area contributed by atoms with Crippen LogP contribution in [0.5, 0.6) is 5.75 Å². The standard InChI is InChI=1S/C21H19Cl2NO2/c22-14-17-3-1-16(2-4-17)9-11-24-12-10-20(13-21(24)25)26-15-18-5-7-19(23)8-6-18/h1-8,10,12-13H,9,11,14-15H2. The van der Waals surface area contributed by atoms with Gasteiger partial charge in [-0.15, -0.1) is 11.6 Å². The largest absolute Gasteiger partial charge is 0.489 e. The quantitative estimate of drug-likeness (QED) is 0.530. The molecule has 0 fully saturated rings. The Hall–Kier alpha value is -2.23. The maximum atomic E-state index is 12.3. The Morgan fingerprint density at radius 2 is 1.54 bits per heavy atom. The van der Waals surface area contributed by atoms with E-state index >= 15 is 0 Å². The fourth-order valence-electron chi connectivity index (χ4n) is 2.56. The van der Waals surface area contributed by atoms with Crippen LogP contribution in [0.15, 0.2) is 71.7 Å². The van der Waals surface area contributed by atoms with Crippen molar-refractivity contribution >= 4 is 23.2 Å². The molecule has 0 radical (unpaired) electrons. The molecule has 3 rings (SSSR count). The van der Waals surface area contributed by atoms with Crippen molar-refractivity contribution in [2.45, 2.75) is 25.5 Å². The Morgan fingerprint density at radius 1 is 0.885 bits per heavy atom. The van der Waals surface area contributed by atoms with Gasteiger partial charge in [-0.2, -0.15) is 0 Å². The van der Waals surface area contributed by atoms with Crippen LogP contribution in [0.3, 0.4) is 0 Å². The molecule has 0 atom stereocenters. The van der Waals surface area contributed by atoms with E-state index in [1.807, 2.05) is 54.6 Å². The summed E-state index contributed by atoms with van der Waals surface area (Å²) in [5.41, 5.74) is 3.19. The molecule has 3 aromatic rings. The van der Waals surface area contributed by atoms with Crippen LogP contribution in [-0.4, -0.2) is 4.57 Å². The van der Waals surface area contributed by atoms with E-state index in [0.717, 1.165) is 17.5 Å². The lowest BCUT2D eigenvalue weighted by molar-refractivity contribution is 0.305. The molecule has 3 nitrogen and oxygen atoms in total. The summed E-state index contributed by atoms with van der Waals surface area (Å²) in [4.78, 5) is 12.3. The summed E-state index contributed by atoms with van der Waals surface area (Å²) in [7, 11) is 0. The molecule has 2 aromatic carbocycles. The van der Waals surface area contributed by atoms with Gasteiger partial charge in [0, 0.05) is 29.7 Å². The van der Waals surface area contributed by atoms with Crippen molar-refractivity contribution in [2.75, 3.05) is 0 Å². The third-order valence-electron chi connectivity index (χ3n) is 4.10. The molecule has 26 heavy (non-hydrogen) atoms. The third kappa shape index (κ3) is 5.13. The summed E-state index contributed by atoms with van der Waals surface area (Å²) in [5.74, 6) is 1.07. The van der Waals surface area contributed by atoms with Gasteiger partial charge in [0.15, 0.2) is 0 Å². The van der Waals surface area contributed by atoms with E-state index in [9.17, 15) is 4.79 Å². The van der Waals surface area contributed by atoms with Gasteiger partial charge in [-0.3, -0.25) is 4.79 Å². The van der Waals surface area contributed by atoms with Crippen molar-refractivity contribution in [3.8, 4) is 5.75 Å². The summed E-state index contributed by atoms with van der Waals surface area (Å²) in [6, 6.07) is 18.9. The lowest BCUT2D eigenvalue weighted by Gasteiger charge is -2.09. The van der Waals surface area contributed by atoms with E-state index in [1.54, 1.807) is 10.8 Å². The van der Waals surface area contributed by atoms with Crippen LogP contribution in [0.1, 0.15) is 16.7 Å². The minimum Gasteiger partial charge on any atom is -0.489 e. The minimum atomic E-state index is -0.0732. The molecule has 0 saturated heterocycles. The first-order valence-corrected chi connectivity index (χ1v) is 9.27. The average Bonchev–Trinajstić information content (AvgIpc) is 2.67. The van der Waals surface area contributed by atoms with E-state index in [2.05, 4.69) is 0 Å². The molecule has 1 heterocycles. The molecule has 5 heteroatoms. The summed E-state index contributed by atoms with van der Waals surface area (Å²) in [5, 5.41) is 0.689. The van der Waals surface area contributed by atoms with Crippen molar-refractivity contribution in [3.05, 3.63) is 98.9 Å². The second-order valence-electron chi connectivity index (χ2n) is 6.01. The van der Waals surface area contributed by atoms with Crippen LogP contribution in [0.4, 0.5) is 0 Å². The number of halogens is 2. The van der Waals surface area contributed by atoms with Crippen molar-refractivity contribution in [1.82, 2.24) is 4.57 Å². The fraction of sp³-hybridized carbons (Fsp3) is 0.190. The molecule has 0 aliphatic heterocycles. The third-order valence-corrected chi connectivity index (χ3v) is 4.67. The number of alkyl halides is 1. The first-order chi connectivity index (χ1) is 12.6. The van der Waals surface area contributed by atoms with Crippen molar-refractivity contribution < 1.29 is 4.74 Å². The number of aryl methyl sites for hydroxylation is 2. The normalized spacial score (nSPS) is 10.7. The molecule has 0 saturated carbocycles. The minimum absolute atomic E-state index is 0.0732. The Kier molecular flexibility index (Phi) is 6.37. The predicted octanol–water partition coefficient (Wildman–Crippen LogP) is 5.06. The molecule has 1 aromatic heterocycles. The number of rotatable bonds is 7. The number of pyridine rings is 1. The van der Waals surface area contributed by atoms with Gasteiger partial charge in [-0.05, 0) is 41.3 Å². The molecular weight excluding hydrogens is 369 g/mol. The van der Waals surface area contributed by atoms with E-state index in [4.69, 9.17) is 27.9 Å². The van der Waals surface area contributed by atoms with Gasteiger partial charge in [-0.1, -0.05) is 48.0 Å². The topological polar surface area (TPSA) is 31.2 Å². The van der Waals surface area contributed by atoms with Gasteiger partial charge in [-0.25, -0.2) is 0 Å². The highest BCUT2D eigenvalue weighted by molar-refractivity contribution is 6.30. The highest BCUT2D eigenvalue weighted by atomic mass is 35.5. The van der Waals surface area contributed by atoms with Crippen LogP contribution in [0, 0.1) is 0 Å². The molecule has 0 aliphatic carbocycles. The number of hydrogen-bond acceptors (Lipinski definition) is 2. The van der Waals surface area contributed by atoms with Gasteiger partial charge in [0.05, 0.1) is 0 Å². The van der Waals surface area contributed by atoms with E-state index in [1.165, 1.54) is 11.6 Å². The van der Waals surface area contributed by atoms with Crippen molar-refractivity contribution in [2.24, 2.45) is 0 Å². The SMILES string of the molecule is O=c1cc(OCc2ccc(Cl)cc2)ccn1CCc1ccc(CCl)cc1. The van der Waals surface area contributed by atoms with Crippen LogP contribution in [0.2, 0.25) is 5.02 Å². The van der Waals surface area contributed by atoms with E-state index in [0.29, 0.717) is 29.8 Å². The monoisotopic (exact) mass is 387 g/mol. The van der Waals surface area contributed by atoms with Crippen LogP contribution in [0.25, 0.3) is 0 Å². The van der Waals surface area contributed by atoms with Crippen molar-refractivity contribution in [1.29, 1.82) is 0 Å². The van der Waals surface area contributed by atoms with Gasteiger partial charge >= 0.3 is 0 Å². The zero-order valence-corrected chi connectivity index (χ0v) is 15.7. The number of aromatic nitrogens is 1. The lowest BCUT2D eigenvalue weighted by Crippen LogP contribution is -2.19. The smallest absolute Gasteiger partial charge is 0.254 e. The maximum Gasteiger partial charge on any atom is 0.254 e. The highest BCUT2D eigenvalue weighted by Crippen LogP contribution is 2.13. The molecule has 0 spiro atoms. The Labute approximate surface area is 162 Å². The Morgan fingerprint density at radius 3 is 2.19 bits per heavy atom. The van der Waals surface area contributed by atoms with Gasteiger partial charge in [0.1, 0.15) is 12.4 Å². The molecule has 0 aliphatic rings. The Balaban J connectivity index is 1.58. The zero-order chi connectivity index (χ0) is 18.4. The second kappa shape index (κ2) is 8.93. The number of benzene rings is 2. The molecule has 0 amide bonds. The predicted molar refractivity (Wildman–Crippen MR) is 106 cm³/mol. The molecule has 0 N–H and O–H groups in total. The lowest BCUT2D eigenvalue weighted by atomic mass is 10.1. The highest BCUT2D eigenvalue weighted by Gasteiger charge is 2.02. The zero-order valence-electron chi connectivity index (χ0n) is 14.2. The molecule has 0 unspecified atom stereocenters. The number of ether oxygens (including phenoxy) is 1. The molecule has 0 bridgehead atoms. The summed E-state index contributed by atoms with van der Waals surface area (Å²) in [6.07, 6.45) is 2.56.